The molecule has 208 valence electrons. The summed E-state index contributed by atoms with van der Waals surface area (Å²) >= 11 is 1.61. The predicted octanol–water partition coefficient (Wildman–Crippen LogP) is 3.68. The zero-order valence-electron chi connectivity index (χ0n) is 22.6. The lowest BCUT2D eigenvalue weighted by Gasteiger charge is -2.38. The van der Waals surface area contributed by atoms with Gasteiger partial charge in [0.2, 0.25) is 11.8 Å². The second-order valence-electron chi connectivity index (χ2n) is 10.9. The summed E-state index contributed by atoms with van der Waals surface area (Å²) in [6, 6.07) is -1.36. The molecule has 2 aliphatic rings. The van der Waals surface area contributed by atoms with E-state index in [-0.39, 0.29) is 47.3 Å². The number of nitrogens with zero attached hydrogens (tertiary/aromatic N) is 1. The van der Waals surface area contributed by atoms with Crippen molar-refractivity contribution in [3.63, 3.8) is 0 Å². The van der Waals surface area contributed by atoms with Crippen LogP contribution in [0.1, 0.15) is 80.1 Å². The van der Waals surface area contributed by atoms with Crippen molar-refractivity contribution in [1.82, 2.24) is 15.5 Å². The van der Waals surface area contributed by atoms with Crippen LogP contribution in [-0.4, -0.2) is 69.9 Å². The molecule has 36 heavy (non-hydrogen) atoms. The number of likely N-dealkylation sites (tertiary alicyclic amines) is 1. The monoisotopic (exact) mass is 547 g/mol. The van der Waals surface area contributed by atoms with Crippen LogP contribution in [0.25, 0.3) is 0 Å². The second kappa shape index (κ2) is 14.3. The molecule has 3 amide bonds. The fourth-order valence-corrected chi connectivity index (χ4v) is 6.59. The van der Waals surface area contributed by atoms with E-state index in [1.807, 2.05) is 13.8 Å². The highest BCUT2D eigenvalue weighted by molar-refractivity contribution is 8.01. The van der Waals surface area contributed by atoms with Crippen molar-refractivity contribution in [3.8, 4) is 0 Å². The lowest BCUT2D eigenvalue weighted by Crippen LogP contribution is -2.60. The maximum atomic E-state index is 13.7. The largest absolute Gasteiger partial charge is 0.447 e. The second-order valence-corrected chi connectivity index (χ2v) is 13.1. The minimum atomic E-state index is -0.823. The van der Waals surface area contributed by atoms with Gasteiger partial charge in [-0.25, -0.2) is 4.79 Å². The highest BCUT2D eigenvalue weighted by Crippen LogP contribution is 2.34. The summed E-state index contributed by atoms with van der Waals surface area (Å²) in [7, 11) is 0. The van der Waals surface area contributed by atoms with Crippen molar-refractivity contribution in [2.24, 2.45) is 17.6 Å². The van der Waals surface area contributed by atoms with Gasteiger partial charge in [-0.2, -0.15) is 11.8 Å². The number of hydrogen-bond donors (Lipinski definition) is 4. The zero-order chi connectivity index (χ0) is 26.3. The Morgan fingerprint density at radius 1 is 1.11 bits per heavy atom. The van der Waals surface area contributed by atoms with Crippen LogP contribution in [0, 0.1) is 17.2 Å². The fraction of sp³-hybridized carbons (Fsp3) is 0.840. The van der Waals surface area contributed by atoms with Crippen LogP contribution in [0.15, 0.2) is 0 Å². The number of hydrogen-bond acceptors (Lipinski definition) is 6. The predicted molar refractivity (Wildman–Crippen MR) is 148 cm³/mol. The molecule has 0 aromatic heterocycles. The van der Waals surface area contributed by atoms with Gasteiger partial charge in [0.1, 0.15) is 12.1 Å². The first-order valence-electron chi connectivity index (χ1n) is 12.9. The average Bonchev–Trinajstić information content (AvgIpc) is 3.24. The zero-order valence-corrected chi connectivity index (χ0v) is 24.2. The number of alkyl carbamates (subject to hydrolysis) is 1. The molecule has 2 rings (SSSR count). The first kappa shape index (κ1) is 32.3. The third-order valence-corrected chi connectivity index (χ3v) is 8.09. The Bertz CT molecular complexity index is 772. The third-order valence-electron chi connectivity index (χ3n) is 6.78. The third kappa shape index (κ3) is 9.32. The van der Waals surface area contributed by atoms with Gasteiger partial charge in [-0.3, -0.25) is 15.0 Å². The molecule has 0 radical (unpaired) electrons. The number of rotatable bonds is 10. The van der Waals surface area contributed by atoms with Crippen LogP contribution in [0.2, 0.25) is 0 Å². The molecular formula is C25H46ClN5O4S. The first-order chi connectivity index (χ1) is 16.3. The summed E-state index contributed by atoms with van der Waals surface area (Å²) in [6.07, 6.45) is 4.05. The van der Waals surface area contributed by atoms with Crippen molar-refractivity contribution in [3.05, 3.63) is 0 Å². The number of ether oxygens (including phenoxy) is 1. The molecule has 11 heteroatoms. The Labute approximate surface area is 226 Å². The van der Waals surface area contributed by atoms with E-state index < -0.39 is 22.9 Å². The number of nitrogens with one attached hydrogen (secondary N) is 3. The normalized spacial score (nSPS) is 23.1. The van der Waals surface area contributed by atoms with Crippen LogP contribution in [0.3, 0.4) is 0 Å². The lowest BCUT2D eigenvalue weighted by molar-refractivity contribution is -0.140. The molecule has 0 aromatic carbocycles. The molecule has 9 nitrogen and oxygen atoms in total. The van der Waals surface area contributed by atoms with Gasteiger partial charge in [0.05, 0.1) is 11.9 Å². The molecule has 1 aliphatic heterocycles. The summed E-state index contributed by atoms with van der Waals surface area (Å²) < 4.78 is 4.67. The molecule has 5 N–H and O–H groups in total. The Morgan fingerprint density at radius 2 is 1.72 bits per heavy atom. The average molecular weight is 548 g/mol. The Morgan fingerprint density at radius 3 is 2.25 bits per heavy atom. The van der Waals surface area contributed by atoms with E-state index in [1.54, 1.807) is 30.5 Å². The summed E-state index contributed by atoms with van der Waals surface area (Å²) in [5, 5.41) is 13.7. The summed E-state index contributed by atoms with van der Waals surface area (Å²) in [4.78, 5) is 41.0. The van der Waals surface area contributed by atoms with Crippen LogP contribution in [0.5, 0.6) is 0 Å². The van der Waals surface area contributed by atoms with Gasteiger partial charge in [-0.05, 0) is 77.4 Å². The highest BCUT2D eigenvalue weighted by atomic mass is 35.5. The Balaban J connectivity index is 0.00000648. The van der Waals surface area contributed by atoms with Crippen molar-refractivity contribution in [2.45, 2.75) is 108 Å². The molecule has 0 aromatic rings. The van der Waals surface area contributed by atoms with Gasteiger partial charge >= 0.3 is 6.09 Å². The SMILES string of the molecule is CC(C)OC(=O)N[C@@H](C(=O)N1CCC[C@H]1C(=O)NCC1CCC(C(=N)N)CC1)C(C)(C)SC(C)C.Cl. The molecule has 1 saturated carbocycles. The van der Waals surface area contributed by atoms with Crippen LogP contribution < -0.4 is 16.4 Å². The number of carbonyl (C=O) groups is 3. The minimum absolute atomic E-state index is 0. The minimum Gasteiger partial charge on any atom is -0.447 e. The van der Waals surface area contributed by atoms with Crippen molar-refractivity contribution >= 4 is 47.9 Å². The quantitative estimate of drug-likeness (QED) is 0.243. The van der Waals surface area contributed by atoms with Gasteiger partial charge < -0.3 is 26.0 Å². The van der Waals surface area contributed by atoms with E-state index in [0.29, 0.717) is 25.4 Å². The molecule has 2 fully saturated rings. The van der Waals surface area contributed by atoms with E-state index in [1.165, 1.54) is 0 Å². The standard InChI is InChI=1S/C25H45N5O4S.ClH/c1-15(2)34-24(33)29-20(25(5,6)35-16(3)4)23(32)30-13-7-8-19(30)22(31)28-14-17-9-11-18(12-10-17)21(26)27;/h15-20H,7-14H2,1-6H3,(H3,26,27)(H,28,31)(H,29,33);1H/t17?,18?,19-,20-;/m0./s1. The van der Waals surface area contributed by atoms with Crippen molar-refractivity contribution in [1.29, 1.82) is 5.41 Å². The number of nitrogens with two attached hydrogens (primary N) is 1. The number of carbonyl (C=O) groups excluding carboxylic acids is 3. The molecule has 0 bridgehead atoms. The van der Waals surface area contributed by atoms with Gasteiger partial charge in [0.15, 0.2) is 0 Å². The molecule has 0 spiro atoms. The first-order valence-corrected chi connectivity index (χ1v) is 13.8. The van der Waals surface area contributed by atoms with Crippen LogP contribution in [0.4, 0.5) is 4.79 Å². The van der Waals surface area contributed by atoms with E-state index in [2.05, 4.69) is 24.5 Å². The molecule has 1 heterocycles. The molecule has 0 unspecified atom stereocenters. The number of amides is 3. The smallest absolute Gasteiger partial charge is 0.408 e. The van der Waals surface area contributed by atoms with Gasteiger partial charge in [0, 0.05) is 23.8 Å². The number of thioether (sulfide) groups is 1. The van der Waals surface area contributed by atoms with E-state index >= 15 is 0 Å². The Kier molecular flexibility index (Phi) is 12.9. The molecule has 1 aliphatic carbocycles. The number of amidine groups is 1. The fourth-order valence-electron chi connectivity index (χ4n) is 5.08. The molecular weight excluding hydrogens is 502 g/mol. The molecule has 1 saturated heterocycles. The van der Waals surface area contributed by atoms with E-state index in [9.17, 15) is 14.4 Å². The van der Waals surface area contributed by atoms with Crippen LogP contribution in [-0.2, 0) is 14.3 Å². The van der Waals surface area contributed by atoms with Gasteiger partial charge in [0.25, 0.3) is 0 Å². The maximum Gasteiger partial charge on any atom is 0.408 e. The summed E-state index contributed by atoms with van der Waals surface area (Å²) in [5.74, 6) is 0.392. The lowest BCUT2D eigenvalue weighted by atomic mass is 9.81. The van der Waals surface area contributed by atoms with Gasteiger partial charge in [-0.15, -0.1) is 12.4 Å². The highest BCUT2D eigenvalue weighted by Gasteiger charge is 2.44. The summed E-state index contributed by atoms with van der Waals surface area (Å²) in [5.41, 5.74) is 5.64. The van der Waals surface area contributed by atoms with E-state index in [0.717, 1.165) is 32.1 Å². The summed E-state index contributed by atoms with van der Waals surface area (Å²) in [6.45, 7) is 12.6. The number of halogens is 1. The van der Waals surface area contributed by atoms with Gasteiger partial charge in [-0.1, -0.05) is 13.8 Å². The van der Waals surface area contributed by atoms with Crippen LogP contribution >= 0.6 is 24.2 Å². The Hall–Kier alpha value is -1.68. The maximum absolute atomic E-state index is 13.7. The molecule has 2 atom stereocenters. The van der Waals surface area contributed by atoms with E-state index in [4.69, 9.17) is 15.9 Å². The topological polar surface area (TPSA) is 138 Å². The van der Waals surface area contributed by atoms with Crippen molar-refractivity contribution in [2.75, 3.05) is 13.1 Å². The van der Waals surface area contributed by atoms with Crippen molar-refractivity contribution < 1.29 is 19.1 Å².